The van der Waals surface area contributed by atoms with Gasteiger partial charge in [-0.05, 0) is 30.5 Å². The lowest BCUT2D eigenvalue weighted by Crippen LogP contribution is -2.36. The Kier molecular flexibility index (Phi) is 6.69. The van der Waals surface area contributed by atoms with Crippen LogP contribution >= 0.6 is 0 Å². The number of aromatic nitrogens is 2. The maximum Gasteiger partial charge on any atom is 0.191 e. The number of nitrogens with one attached hydrogen (secondary N) is 2. The number of benzene rings is 1. The molecule has 0 amide bonds. The summed E-state index contributed by atoms with van der Waals surface area (Å²) < 4.78 is 5.41. The van der Waals surface area contributed by atoms with E-state index in [1.807, 2.05) is 43.3 Å². The molecule has 0 atom stereocenters. The maximum atomic E-state index is 5.41. The van der Waals surface area contributed by atoms with Crippen LogP contribution in [0.2, 0.25) is 0 Å². The molecule has 154 valence electrons. The van der Waals surface area contributed by atoms with E-state index in [-0.39, 0.29) is 0 Å². The minimum absolute atomic E-state index is 0.347. The molecule has 7 heteroatoms. The van der Waals surface area contributed by atoms with E-state index in [0.717, 1.165) is 46.2 Å². The highest BCUT2D eigenvalue weighted by atomic mass is 16.5. The lowest BCUT2D eigenvalue weighted by Gasteiger charge is -2.15. The first-order valence-electron chi connectivity index (χ1n) is 10.0. The lowest BCUT2D eigenvalue weighted by atomic mass is 10.1. The lowest BCUT2D eigenvalue weighted by molar-refractivity contribution is 0.372. The SMILES string of the molecule is CCNC(=NCc1cc(N(C)C)nc2ccccc12)NCc1cc(C(C)C)no1. The number of anilines is 1. The molecule has 0 radical (unpaired) electrons. The summed E-state index contributed by atoms with van der Waals surface area (Å²) in [7, 11) is 4.00. The number of aliphatic imine (C=N–C) groups is 1. The van der Waals surface area contributed by atoms with E-state index in [1.165, 1.54) is 0 Å². The Bertz CT molecular complexity index is 976. The van der Waals surface area contributed by atoms with Gasteiger partial charge >= 0.3 is 0 Å². The summed E-state index contributed by atoms with van der Waals surface area (Å²) in [4.78, 5) is 11.5. The van der Waals surface area contributed by atoms with Gasteiger partial charge in [-0.1, -0.05) is 37.2 Å². The zero-order valence-corrected chi connectivity index (χ0v) is 17.9. The second kappa shape index (κ2) is 9.41. The van der Waals surface area contributed by atoms with Crippen molar-refractivity contribution < 1.29 is 4.52 Å². The van der Waals surface area contributed by atoms with E-state index >= 15 is 0 Å². The van der Waals surface area contributed by atoms with E-state index in [4.69, 9.17) is 14.5 Å². The minimum Gasteiger partial charge on any atom is -0.363 e. The van der Waals surface area contributed by atoms with Gasteiger partial charge in [-0.25, -0.2) is 9.98 Å². The van der Waals surface area contributed by atoms with Gasteiger partial charge in [0, 0.05) is 32.1 Å². The first-order chi connectivity index (χ1) is 14.0. The Labute approximate surface area is 172 Å². The Balaban J connectivity index is 1.79. The fraction of sp³-hybridized carbons (Fsp3) is 0.409. The molecule has 0 fully saturated rings. The number of fused-ring (bicyclic) bond motifs is 1. The van der Waals surface area contributed by atoms with Crippen molar-refractivity contribution in [3.05, 3.63) is 53.4 Å². The van der Waals surface area contributed by atoms with Gasteiger partial charge in [-0.3, -0.25) is 0 Å². The van der Waals surface area contributed by atoms with Gasteiger partial charge < -0.3 is 20.1 Å². The molecule has 0 spiro atoms. The molecule has 3 rings (SSSR count). The van der Waals surface area contributed by atoms with E-state index in [0.29, 0.717) is 19.0 Å². The molecular weight excluding hydrogens is 364 g/mol. The standard InChI is InChI=1S/C22H30N6O/c1-6-23-22(25-14-17-12-20(15(2)3)27-29-17)24-13-16-11-21(28(4)5)26-19-10-8-7-9-18(16)19/h7-12,15H,6,13-14H2,1-5H3,(H2,23,24,25). The van der Waals surface area contributed by atoms with Gasteiger partial charge in [0.1, 0.15) is 5.82 Å². The molecular formula is C22H30N6O. The second-order valence-corrected chi connectivity index (χ2v) is 7.47. The molecule has 0 unspecified atom stereocenters. The number of hydrogen-bond donors (Lipinski definition) is 2. The predicted molar refractivity (Wildman–Crippen MR) is 118 cm³/mol. The van der Waals surface area contributed by atoms with Crippen molar-refractivity contribution in [2.24, 2.45) is 4.99 Å². The van der Waals surface area contributed by atoms with E-state index < -0.39 is 0 Å². The van der Waals surface area contributed by atoms with E-state index in [1.54, 1.807) is 0 Å². The third-order valence-corrected chi connectivity index (χ3v) is 4.60. The van der Waals surface area contributed by atoms with Crippen molar-refractivity contribution in [3.63, 3.8) is 0 Å². The molecule has 7 nitrogen and oxygen atoms in total. The highest BCUT2D eigenvalue weighted by Crippen LogP contribution is 2.22. The molecule has 2 aromatic heterocycles. The topological polar surface area (TPSA) is 78.6 Å². The second-order valence-electron chi connectivity index (χ2n) is 7.47. The Morgan fingerprint density at radius 1 is 1.17 bits per heavy atom. The average Bonchev–Trinajstić information content (AvgIpc) is 3.19. The zero-order chi connectivity index (χ0) is 20.8. The molecule has 0 aliphatic heterocycles. The third kappa shape index (κ3) is 5.25. The monoisotopic (exact) mass is 394 g/mol. The summed E-state index contributed by atoms with van der Waals surface area (Å²) in [6.45, 7) is 8.11. The Morgan fingerprint density at radius 2 is 1.97 bits per heavy atom. The Hall–Kier alpha value is -3.09. The first-order valence-corrected chi connectivity index (χ1v) is 10.0. The fourth-order valence-electron chi connectivity index (χ4n) is 2.95. The molecule has 2 heterocycles. The minimum atomic E-state index is 0.347. The van der Waals surface area contributed by atoms with Gasteiger partial charge in [0.05, 0.1) is 24.3 Å². The smallest absolute Gasteiger partial charge is 0.191 e. The molecule has 3 aromatic rings. The van der Waals surface area contributed by atoms with Crippen molar-refractivity contribution in [3.8, 4) is 0 Å². The van der Waals surface area contributed by atoms with Gasteiger partial charge in [0.25, 0.3) is 0 Å². The maximum absolute atomic E-state index is 5.41. The number of nitrogens with zero attached hydrogens (tertiary/aromatic N) is 4. The molecule has 1 aromatic carbocycles. The van der Waals surface area contributed by atoms with Gasteiger partial charge in [0.15, 0.2) is 11.7 Å². The molecule has 0 aliphatic carbocycles. The van der Waals surface area contributed by atoms with Crippen LogP contribution in [0, 0.1) is 0 Å². The fourth-order valence-corrected chi connectivity index (χ4v) is 2.95. The highest BCUT2D eigenvalue weighted by Gasteiger charge is 2.10. The van der Waals surface area contributed by atoms with Gasteiger partial charge in [-0.2, -0.15) is 0 Å². The quantitative estimate of drug-likeness (QED) is 0.470. The van der Waals surface area contributed by atoms with Crippen LogP contribution in [-0.4, -0.2) is 36.7 Å². The van der Waals surface area contributed by atoms with Crippen molar-refractivity contribution in [1.29, 1.82) is 0 Å². The van der Waals surface area contributed by atoms with Crippen LogP contribution < -0.4 is 15.5 Å². The molecule has 0 saturated heterocycles. The largest absolute Gasteiger partial charge is 0.363 e. The Morgan fingerprint density at radius 3 is 2.66 bits per heavy atom. The summed E-state index contributed by atoms with van der Waals surface area (Å²) in [6, 6.07) is 12.3. The van der Waals surface area contributed by atoms with Crippen LogP contribution in [0.25, 0.3) is 10.9 Å². The van der Waals surface area contributed by atoms with Crippen LogP contribution in [-0.2, 0) is 13.1 Å². The number of pyridine rings is 1. The predicted octanol–water partition coefficient (Wildman–Crippen LogP) is 3.67. The van der Waals surface area contributed by atoms with Crippen LogP contribution in [0.1, 0.15) is 43.7 Å². The van der Waals surface area contributed by atoms with E-state index in [2.05, 4.69) is 48.7 Å². The summed E-state index contributed by atoms with van der Waals surface area (Å²) in [5, 5.41) is 11.8. The first kappa shape index (κ1) is 20.6. The van der Waals surface area contributed by atoms with Crippen molar-refractivity contribution in [1.82, 2.24) is 20.8 Å². The summed E-state index contributed by atoms with van der Waals surface area (Å²) in [5.41, 5.74) is 3.08. The highest BCUT2D eigenvalue weighted by molar-refractivity contribution is 5.85. The van der Waals surface area contributed by atoms with Crippen LogP contribution in [0.3, 0.4) is 0 Å². The zero-order valence-electron chi connectivity index (χ0n) is 17.9. The van der Waals surface area contributed by atoms with Crippen molar-refractivity contribution in [2.45, 2.75) is 39.8 Å². The van der Waals surface area contributed by atoms with Crippen LogP contribution in [0.15, 0.2) is 45.9 Å². The number of guanidine groups is 1. The number of hydrogen-bond acceptors (Lipinski definition) is 5. The molecule has 0 saturated carbocycles. The summed E-state index contributed by atoms with van der Waals surface area (Å²) in [6.07, 6.45) is 0. The summed E-state index contributed by atoms with van der Waals surface area (Å²) >= 11 is 0. The summed E-state index contributed by atoms with van der Waals surface area (Å²) in [5.74, 6) is 2.81. The molecule has 2 N–H and O–H groups in total. The number of rotatable bonds is 7. The molecule has 0 aliphatic rings. The molecule has 0 bridgehead atoms. The normalized spacial score (nSPS) is 11.9. The average molecular weight is 395 g/mol. The van der Waals surface area contributed by atoms with Crippen molar-refractivity contribution in [2.75, 3.05) is 25.5 Å². The van der Waals surface area contributed by atoms with Crippen LogP contribution in [0.4, 0.5) is 5.82 Å². The van der Waals surface area contributed by atoms with Gasteiger partial charge in [0.2, 0.25) is 0 Å². The van der Waals surface area contributed by atoms with Crippen molar-refractivity contribution >= 4 is 22.7 Å². The van der Waals surface area contributed by atoms with Gasteiger partial charge in [-0.15, -0.1) is 0 Å². The third-order valence-electron chi connectivity index (χ3n) is 4.60. The molecule has 29 heavy (non-hydrogen) atoms. The number of para-hydroxylation sites is 1. The van der Waals surface area contributed by atoms with Crippen LogP contribution in [0.5, 0.6) is 0 Å². The van der Waals surface area contributed by atoms with E-state index in [9.17, 15) is 0 Å².